The SMILES string of the molecule is CC(C)[C@H](N)C(=O)NCC(=O)NCC(=O)N[C@H](C(=O)O)C(C)C. The van der Waals surface area contributed by atoms with Crippen molar-refractivity contribution in [2.75, 3.05) is 13.1 Å². The van der Waals surface area contributed by atoms with Gasteiger partial charge < -0.3 is 26.8 Å². The number of carbonyl (C=O) groups excluding carboxylic acids is 3. The van der Waals surface area contributed by atoms with Crippen molar-refractivity contribution in [2.24, 2.45) is 17.6 Å². The topological polar surface area (TPSA) is 151 Å². The number of hydrogen-bond acceptors (Lipinski definition) is 5. The molecular weight excluding hydrogens is 304 g/mol. The largest absolute Gasteiger partial charge is 0.480 e. The van der Waals surface area contributed by atoms with Crippen molar-refractivity contribution in [3.05, 3.63) is 0 Å². The fourth-order valence-corrected chi connectivity index (χ4v) is 1.57. The molecule has 3 amide bonds. The van der Waals surface area contributed by atoms with Crippen LogP contribution in [-0.2, 0) is 19.2 Å². The number of hydrogen-bond donors (Lipinski definition) is 5. The van der Waals surface area contributed by atoms with Crippen LogP contribution < -0.4 is 21.7 Å². The van der Waals surface area contributed by atoms with Crippen LogP contribution in [0, 0.1) is 11.8 Å². The molecule has 0 aromatic heterocycles. The molecule has 0 unspecified atom stereocenters. The molecule has 23 heavy (non-hydrogen) atoms. The Labute approximate surface area is 135 Å². The highest BCUT2D eigenvalue weighted by Crippen LogP contribution is 2.01. The Kier molecular flexibility index (Phi) is 8.86. The van der Waals surface area contributed by atoms with Crippen LogP contribution in [0.5, 0.6) is 0 Å². The van der Waals surface area contributed by atoms with Crippen molar-refractivity contribution < 1.29 is 24.3 Å². The number of rotatable bonds is 9. The summed E-state index contributed by atoms with van der Waals surface area (Å²) in [5, 5.41) is 15.9. The van der Waals surface area contributed by atoms with Gasteiger partial charge in [0, 0.05) is 0 Å². The lowest BCUT2D eigenvalue weighted by Gasteiger charge is -2.18. The molecule has 0 spiro atoms. The van der Waals surface area contributed by atoms with Crippen molar-refractivity contribution in [2.45, 2.75) is 39.8 Å². The van der Waals surface area contributed by atoms with Gasteiger partial charge in [0.1, 0.15) is 6.04 Å². The van der Waals surface area contributed by atoms with Crippen LogP contribution in [0.3, 0.4) is 0 Å². The molecule has 0 aromatic carbocycles. The van der Waals surface area contributed by atoms with E-state index in [1.807, 2.05) is 0 Å². The Morgan fingerprint density at radius 1 is 0.913 bits per heavy atom. The number of carboxylic acid groups (broad SMARTS) is 1. The van der Waals surface area contributed by atoms with Gasteiger partial charge in [-0.2, -0.15) is 0 Å². The van der Waals surface area contributed by atoms with E-state index in [1.165, 1.54) is 0 Å². The molecule has 0 fully saturated rings. The predicted octanol–water partition coefficient (Wildman–Crippen LogP) is -1.57. The molecule has 0 bridgehead atoms. The summed E-state index contributed by atoms with van der Waals surface area (Å²) in [6.45, 7) is 6.20. The minimum atomic E-state index is -1.14. The minimum Gasteiger partial charge on any atom is -0.480 e. The summed E-state index contributed by atoms with van der Waals surface area (Å²) in [6.07, 6.45) is 0. The number of amides is 3. The average molecular weight is 330 g/mol. The number of nitrogens with one attached hydrogen (secondary N) is 3. The van der Waals surface area contributed by atoms with Crippen LogP contribution >= 0.6 is 0 Å². The summed E-state index contributed by atoms with van der Waals surface area (Å²) in [4.78, 5) is 45.7. The first-order valence-corrected chi connectivity index (χ1v) is 7.38. The van der Waals surface area contributed by atoms with E-state index in [2.05, 4.69) is 16.0 Å². The van der Waals surface area contributed by atoms with E-state index in [4.69, 9.17) is 10.8 Å². The standard InChI is InChI=1S/C14H26N4O5/c1-7(2)11(15)13(21)17-5-9(19)16-6-10(20)18-12(8(3)4)14(22)23/h7-8,11-12H,5-6,15H2,1-4H3,(H,16,19)(H,17,21)(H,18,20)(H,22,23)/t11-,12-/m0/s1. The molecule has 9 nitrogen and oxygen atoms in total. The minimum absolute atomic E-state index is 0.0622. The van der Waals surface area contributed by atoms with E-state index >= 15 is 0 Å². The Bertz CT molecular complexity index is 450. The fraction of sp³-hybridized carbons (Fsp3) is 0.714. The second-order valence-electron chi connectivity index (χ2n) is 5.89. The lowest BCUT2D eigenvalue weighted by atomic mass is 10.1. The summed E-state index contributed by atoms with van der Waals surface area (Å²) < 4.78 is 0. The molecule has 0 aliphatic carbocycles. The van der Waals surface area contributed by atoms with E-state index < -0.39 is 35.8 Å². The van der Waals surface area contributed by atoms with Crippen molar-refractivity contribution in [1.29, 1.82) is 0 Å². The van der Waals surface area contributed by atoms with Crippen LogP contribution in [0.25, 0.3) is 0 Å². The zero-order valence-corrected chi connectivity index (χ0v) is 13.9. The maximum atomic E-state index is 11.6. The van der Waals surface area contributed by atoms with Gasteiger partial charge in [0.2, 0.25) is 17.7 Å². The Balaban J connectivity index is 4.17. The van der Waals surface area contributed by atoms with Crippen molar-refractivity contribution in [3.8, 4) is 0 Å². The van der Waals surface area contributed by atoms with Crippen LogP contribution in [0.15, 0.2) is 0 Å². The highest BCUT2D eigenvalue weighted by atomic mass is 16.4. The second-order valence-corrected chi connectivity index (χ2v) is 5.89. The lowest BCUT2D eigenvalue weighted by Crippen LogP contribution is -2.50. The zero-order chi connectivity index (χ0) is 18.2. The molecule has 0 saturated heterocycles. The molecule has 0 rings (SSSR count). The van der Waals surface area contributed by atoms with Gasteiger partial charge in [-0.25, -0.2) is 4.79 Å². The quantitative estimate of drug-likeness (QED) is 0.344. The molecule has 0 aliphatic rings. The molecule has 0 saturated carbocycles. The van der Waals surface area contributed by atoms with Crippen LogP contribution in [-0.4, -0.2) is 54.0 Å². The zero-order valence-electron chi connectivity index (χ0n) is 13.9. The molecular formula is C14H26N4O5. The molecule has 6 N–H and O–H groups in total. The van der Waals surface area contributed by atoms with Crippen molar-refractivity contribution in [3.63, 3.8) is 0 Å². The maximum Gasteiger partial charge on any atom is 0.326 e. The smallest absolute Gasteiger partial charge is 0.326 e. The normalized spacial score (nSPS) is 13.3. The first-order valence-electron chi connectivity index (χ1n) is 7.38. The van der Waals surface area contributed by atoms with Gasteiger partial charge in [-0.05, 0) is 11.8 Å². The van der Waals surface area contributed by atoms with E-state index in [0.717, 1.165) is 0 Å². The molecule has 0 aromatic rings. The summed E-state index contributed by atoms with van der Waals surface area (Å²) in [5.41, 5.74) is 5.62. The lowest BCUT2D eigenvalue weighted by molar-refractivity contribution is -0.143. The maximum absolute atomic E-state index is 11.6. The van der Waals surface area contributed by atoms with E-state index in [9.17, 15) is 19.2 Å². The van der Waals surface area contributed by atoms with Crippen LogP contribution in [0.2, 0.25) is 0 Å². The summed E-state index contributed by atoms with van der Waals surface area (Å²) in [6, 6.07) is -1.74. The van der Waals surface area contributed by atoms with E-state index in [-0.39, 0.29) is 24.9 Å². The van der Waals surface area contributed by atoms with Gasteiger partial charge in [-0.1, -0.05) is 27.7 Å². The number of aliphatic carboxylic acids is 1. The average Bonchev–Trinajstić information content (AvgIpc) is 2.46. The Morgan fingerprint density at radius 3 is 1.87 bits per heavy atom. The first-order chi connectivity index (χ1) is 10.6. The molecule has 132 valence electrons. The second kappa shape index (κ2) is 9.78. The molecule has 2 atom stereocenters. The van der Waals surface area contributed by atoms with Crippen LogP contribution in [0.4, 0.5) is 0 Å². The third-order valence-electron chi connectivity index (χ3n) is 3.14. The highest BCUT2D eigenvalue weighted by Gasteiger charge is 2.23. The molecule has 9 heteroatoms. The van der Waals surface area contributed by atoms with E-state index in [1.54, 1.807) is 27.7 Å². The van der Waals surface area contributed by atoms with Crippen LogP contribution in [0.1, 0.15) is 27.7 Å². The summed E-state index contributed by atoms with van der Waals surface area (Å²) >= 11 is 0. The van der Waals surface area contributed by atoms with Gasteiger partial charge in [0.25, 0.3) is 0 Å². The molecule has 0 aliphatic heterocycles. The summed E-state index contributed by atoms with van der Waals surface area (Å²) in [5.74, 6) is -3.14. The van der Waals surface area contributed by atoms with Gasteiger partial charge in [-0.3, -0.25) is 14.4 Å². The van der Waals surface area contributed by atoms with Crippen molar-refractivity contribution >= 4 is 23.7 Å². The number of carbonyl (C=O) groups is 4. The summed E-state index contributed by atoms with van der Waals surface area (Å²) in [7, 11) is 0. The Hall–Kier alpha value is -2.16. The number of carboxylic acids is 1. The third-order valence-corrected chi connectivity index (χ3v) is 3.14. The monoisotopic (exact) mass is 330 g/mol. The third kappa shape index (κ3) is 8.15. The highest BCUT2D eigenvalue weighted by molar-refractivity contribution is 5.90. The van der Waals surface area contributed by atoms with Gasteiger partial charge in [0.05, 0.1) is 19.1 Å². The van der Waals surface area contributed by atoms with Gasteiger partial charge in [-0.15, -0.1) is 0 Å². The van der Waals surface area contributed by atoms with Gasteiger partial charge >= 0.3 is 5.97 Å². The van der Waals surface area contributed by atoms with Gasteiger partial charge in [0.15, 0.2) is 0 Å². The van der Waals surface area contributed by atoms with E-state index in [0.29, 0.717) is 0 Å². The first kappa shape index (κ1) is 20.8. The number of nitrogens with two attached hydrogens (primary N) is 1. The molecule has 0 radical (unpaired) electrons. The predicted molar refractivity (Wildman–Crippen MR) is 83.2 cm³/mol. The Morgan fingerprint density at radius 2 is 1.43 bits per heavy atom. The fourth-order valence-electron chi connectivity index (χ4n) is 1.57. The molecule has 0 heterocycles. The van der Waals surface area contributed by atoms with Crippen molar-refractivity contribution in [1.82, 2.24) is 16.0 Å².